The second-order valence-electron chi connectivity index (χ2n) is 6.97. The largest absolute Gasteiger partial charge is 0.490 e. The summed E-state index contributed by atoms with van der Waals surface area (Å²) in [7, 11) is 0. The van der Waals surface area contributed by atoms with Gasteiger partial charge in [-0.2, -0.15) is 13.2 Å². The summed E-state index contributed by atoms with van der Waals surface area (Å²) in [5.41, 5.74) is 0.521. The zero-order chi connectivity index (χ0) is 19.7. The highest BCUT2D eigenvalue weighted by Crippen LogP contribution is 2.47. The Morgan fingerprint density at radius 3 is 2.37 bits per heavy atom. The van der Waals surface area contributed by atoms with Crippen LogP contribution in [0.2, 0.25) is 5.02 Å². The zero-order valence-corrected chi connectivity index (χ0v) is 15.1. The highest BCUT2D eigenvalue weighted by atomic mass is 35.5. The summed E-state index contributed by atoms with van der Waals surface area (Å²) in [5, 5.41) is 13.6. The summed E-state index contributed by atoms with van der Waals surface area (Å²) in [6, 6.07) is 12.1. The highest BCUT2D eigenvalue weighted by Gasteiger charge is 2.47. The fourth-order valence-electron chi connectivity index (χ4n) is 3.65. The van der Waals surface area contributed by atoms with Crippen molar-refractivity contribution in [3.05, 3.63) is 41.4 Å². The second-order valence-corrected chi connectivity index (χ2v) is 7.38. The molecule has 146 valence electrons. The normalized spacial score (nSPS) is 24.2. The average Bonchev–Trinajstić information content (AvgIpc) is 3.07. The Labute approximate surface area is 159 Å². The summed E-state index contributed by atoms with van der Waals surface area (Å²) in [4.78, 5) is 8.90. The van der Waals surface area contributed by atoms with E-state index < -0.39 is 12.1 Å². The molecule has 1 spiro atoms. The van der Waals surface area contributed by atoms with Crippen molar-refractivity contribution in [3.63, 3.8) is 0 Å². The van der Waals surface area contributed by atoms with Gasteiger partial charge in [-0.1, -0.05) is 35.9 Å². The standard InChI is InChI=1S/C17H18ClNO.C2HF3O2/c18-15-5-6-16(14-4-2-1-3-13(14)15)20-12-9-17(10-12)7-8-19-11-17;3-2(4,5)1(6)7/h1-6,12,19H,7-11H2;(H,6,7). The lowest BCUT2D eigenvalue weighted by Crippen LogP contribution is -2.45. The number of hydrogen-bond donors (Lipinski definition) is 2. The Balaban J connectivity index is 0.000000260. The second kappa shape index (κ2) is 7.56. The zero-order valence-electron chi connectivity index (χ0n) is 14.4. The predicted molar refractivity (Wildman–Crippen MR) is 96.2 cm³/mol. The Morgan fingerprint density at radius 2 is 1.81 bits per heavy atom. The summed E-state index contributed by atoms with van der Waals surface area (Å²) < 4.78 is 38.0. The van der Waals surface area contributed by atoms with Gasteiger partial charge in [0.2, 0.25) is 0 Å². The SMILES string of the molecule is Clc1ccc(OC2CC3(CCNC3)C2)c2ccccc12.O=C(O)C(F)(F)F. The third-order valence-electron chi connectivity index (χ3n) is 5.02. The highest BCUT2D eigenvalue weighted by molar-refractivity contribution is 6.35. The molecule has 8 heteroatoms. The molecule has 27 heavy (non-hydrogen) atoms. The minimum Gasteiger partial charge on any atom is -0.490 e. The van der Waals surface area contributed by atoms with Gasteiger partial charge in [0.1, 0.15) is 5.75 Å². The molecule has 4 nitrogen and oxygen atoms in total. The molecule has 2 aromatic rings. The van der Waals surface area contributed by atoms with Gasteiger partial charge in [-0.3, -0.25) is 0 Å². The van der Waals surface area contributed by atoms with Crippen LogP contribution >= 0.6 is 11.6 Å². The van der Waals surface area contributed by atoms with Crippen LogP contribution < -0.4 is 10.1 Å². The minimum atomic E-state index is -5.08. The number of alkyl halides is 3. The van der Waals surface area contributed by atoms with Gasteiger partial charge in [0.25, 0.3) is 0 Å². The van der Waals surface area contributed by atoms with Crippen LogP contribution in [0.1, 0.15) is 19.3 Å². The smallest absolute Gasteiger partial charge is 0.490 e. The van der Waals surface area contributed by atoms with Crippen LogP contribution in [0.4, 0.5) is 13.2 Å². The van der Waals surface area contributed by atoms with Crippen LogP contribution in [0.15, 0.2) is 36.4 Å². The quantitative estimate of drug-likeness (QED) is 0.769. The van der Waals surface area contributed by atoms with Crippen molar-refractivity contribution in [1.82, 2.24) is 5.32 Å². The lowest BCUT2D eigenvalue weighted by molar-refractivity contribution is -0.192. The lowest BCUT2D eigenvalue weighted by atomic mass is 9.66. The average molecular weight is 402 g/mol. The number of rotatable bonds is 2. The number of carboxylic acids is 1. The molecule has 1 saturated heterocycles. The van der Waals surface area contributed by atoms with Gasteiger partial charge < -0.3 is 15.2 Å². The first kappa shape index (κ1) is 19.8. The van der Waals surface area contributed by atoms with Crippen molar-refractivity contribution in [3.8, 4) is 5.75 Å². The van der Waals surface area contributed by atoms with E-state index in [0.717, 1.165) is 34.6 Å². The van der Waals surface area contributed by atoms with E-state index in [9.17, 15) is 13.2 Å². The van der Waals surface area contributed by atoms with E-state index in [2.05, 4.69) is 11.4 Å². The molecule has 0 atom stereocenters. The Hall–Kier alpha value is -1.99. The molecular formula is C19H19ClF3NO3. The van der Waals surface area contributed by atoms with E-state index in [1.807, 2.05) is 30.3 Å². The first-order valence-electron chi connectivity index (χ1n) is 8.55. The first-order chi connectivity index (χ1) is 12.7. The van der Waals surface area contributed by atoms with E-state index in [1.54, 1.807) is 0 Å². The Kier molecular flexibility index (Phi) is 5.53. The molecule has 0 unspecified atom stereocenters. The van der Waals surface area contributed by atoms with E-state index >= 15 is 0 Å². The molecule has 2 aromatic carbocycles. The molecule has 1 saturated carbocycles. The van der Waals surface area contributed by atoms with Crippen LogP contribution in [0, 0.1) is 5.41 Å². The van der Waals surface area contributed by atoms with Gasteiger partial charge in [0.05, 0.1) is 6.10 Å². The number of benzene rings is 2. The van der Waals surface area contributed by atoms with Gasteiger partial charge in [0.15, 0.2) is 0 Å². The monoisotopic (exact) mass is 401 g/mol. The molecular weight excluding hydrogens is 383 g/mol. The van der Waals surface area contributed by atoms with Gasteiger partial charge >= 0.3 is 12.1 Å². The Bertz CT molecular complexity index is 827. The van der Waals surface area contributed by atoms with Crippen molar-refractivity contribution < 1.29 is 27.8 Å². The van der Waals surface area contributed by atoms with E-state index in [-0.39, 0.29) is 0 Å². The number of fused-ring (bicyclic) bond motifs is 1. The van der Waals surface area contributed by atoms with Crippen molar-refractivity contribution in [2.75, 3.05) is 13.1 Å². The number of halogens is 4. The molecule has 0 radical (unpaired) electrons. The van der Waals surface area contributed by atoms with Crippen molar-refractivity contribution >= 4 is 28.3 Å². The van der Waals surface area contributed by atoms with Crippen LogP contribution in [0.25, 0.3) is 10.8 Å². The maximum absolute atomic E-state index is 10.6. The van der Waals surface area contributed by atoms with Crippen LogP contribution in [0.5, 0.6) is 5.75 Å². The molecule has 2 aliphatic rings. The van der Waals surface area contributed by atoms with Gasteiger partial charge in [0, 0.05) is 22.3 Å². The first-order valence-corrected chi connectivity index (χ1v) is 8.93. The summed E-state index contributed by atoms with van der Waals surface area (Å²) in [5.74, 6) is -1.79. The Morgan fingerprint density at radius 1 is 1.19 bits per heavy atom. The molecule has 0 amide bonds. The maximum Gasteiger partial charge on any atom is 0.490 e. The number of aliphatic carboxylic acids is 1. The van der Waals surface area contributed by atoms with Gasteiger partial charge in [-0.05, 0) is 43.4 Å². The lowest BCUT2D eigenvalue weighted by Gasteiger charge is -2.44. The third kappa shape index (κ3) is 4.47. The molecule has 1 aliphatic heterocycles. The number of carbonyl (C=O) groups is 1. The van der Waals surface area contributed by atoms with Crippen molar-refractivity contribution in [2.24, 2.45) is 5.41 Å². The molecule has 4 rings (SSSR count). The van der Waals surface area contributed by atoms with Crippen LogP contribution in [-0.4, -0.2) is 36.4 Å². The number of hydrogen-bond acceptors (Lipinski definition) is 3. The molecule has 0 bridgehead atoms. The molecule has 2 N–H and O–H groups in total. The van der Waals surface area contributed by atoms with Gasteiger partial charge in [-0.15, -0.1) is 0 Å². The molecule has 2 fully saturated rings. The minimum absolute atomic E-state index is 0.361. The summed E-state index contributed by atoms with van der Waals surface area (Å²) >= 11 is 6.25. The fourth-order valence-corrected chi connectivity index (χ4v) is 3.88. The van der Waals surface area contributed by atoms with E-state index in [1.165, 1.54) is 19.3 Å². The number of ether oxygens (including phenoxy) is 1. The van der Waals surface area contributed by atoms with Crippen molar-refractivity contribution in [2.45, 2.75) is 31.5 Å². The number of carboxylic acid groups (broad SMARTS) is 1. The molecule has 1 aliphatic carbocycles. The molecule has 0 aromatic heterocycles. The topological polar surface area (TPSA) is 58.6 Å². The van der Waals surface area contributed by atoms with Crippen LogP contribution in [-0.2, 0) is 4.79 Å². The fraction of sp³-hybridized carbons (Fsp3) is 0.421. The maximum atomic E-state index is 10.6. The summed E-state index contributed by atoms with van der Waals surface area (Å²) in [6.45, 7) is 2.32. The van der Waals surface area contributed by atoms with Crippen LogP contribution in [0.3, 0.4) is 0 Å². The predicted octanol–water partition coefficient (Wildman–Crippen LogP) is 4.65. The van der Waals surface area contributed by atoms with E-state index in [0.29, 0.717) is 11.5 Å². The van der Waals surface area contributed by atoms with E-state index in [4.69, 9.17) is 26.2 Å². The number of nitrogens with one attached hydrogen (secondary N) is 1. The van der Waals surface area contributed by atoms with Gasteiger partial charge in [-0.25, -0.2) is 4.79 Å². The third-order valence-corrected chi connectivity index (χ3v) is 5.35. The summed E-state index contributed by atoms with van der Waals surface area (Å²) in [6.07, 6.45) is -1.07. The molecule has 1 heterocycles. The van der Waals surface area contributed by atoms with Crippen molar-refractivity contribution in [1.29, 1.82) is 0 Å².